The SMILES string of the molecule is COCNC(=O)c1cn(-c2cccc(-c3ccnc(F)c3)c2)cn1. The van der Waals surface area contributed by atoms with Crippen LogP contribution < -0.4 is 5.32 Å². The highest BCUT2D eigenvalue weighted by Crippen LogP contribution is 2.22. The molecule has 0 aliphatic carbocycles. The summed E-state index contributed by atoms with van der Waals surface area (Å²) in [5, 5.41) is 2.57. The van der Waals surface area contributed by atoms with Crippen LogP contribution in [0.3, 0.4) is 0 Å². The summed E-state index contributed by atoms with van der Waals surface area (Å²) in [6.07, 6.45) is 4.60. The minimum Gasteiger partial charge on any atom is -0.364 e. The van der Waals surface area contributed by atoms with Gasteiger partial charge in [-0.1, -0.05) is 12.1 Å². The maximum Gasteiger partial charge on any atom is 0.273 e. The van der Waals surface area contributed by atoms with Crippen LogP contribution in [0.15, 0.2) is 55.1 Å². The molecule has 0 aliphatic heterocycles. The summed E-state index contributed by atoms with van der Waals surface area (Å²) in [4.78, 5) is 19.5. The fraction of sp³-hybridized carbons (Fsp3) is 0.118. The number of nitrogens with zero attached hydrogens (tertiary/aromatic N) is 3. The van der Waals surface area contributed by atoms with E-state index in [-0.39, 0.29) is 18.3 Å². The van der Waals surface area contributed by atoms with E-state index in [1.807, 2.05) is 24.3 Å². The van der Waals surface area contributed by atoms with E-state index in [0.717, 1.165) is 16.8 Å². The Hall–Kier alpha value is -3.06. The lowest BCUT2D eigenvalue weighted by molar-refractivity contribution is 0.0867. The minimum atomic E-state index is -0.530. The van der Waals surface area contributed by atoms with Gasteiger partial charge in [0.05, 0.1) is 0 Å². The fourth-order valence-corrected chi connectivity index (χ4v) is 2.24. The first-order valence-corrected chi connectivity index (χ1v) is 7.21. The van der Waals surface area contributed by atoms with E-state index < -0.39 is 5.95 Å². The van der Waals surface area contributed by atoms with E-state index in [0.29, 0.717) is 0 Å². The largest absolute Gasteiger partial charge is 0.364 e. The zero-order valence-electron chi connectivity index (χ0n) is 12.9. The van der Waals surface area contributed by atoms with Crippen molar-refractivity contribution in [2.24, 2.45) is 0 Å². The van der Waals surface area contributed by atoms with Gasteiger partial charge in [0.25, 0.3) is 5.91 Å². The van der Waals surface area contributed by atoms with Crippen LogP contribution in [-0.2, 0) is 4.74 Å². The highest BCUT2D eigenvalue weighted by Gasteiger charge is 2.10. The summed E-state index contributed by atoms with van der Waals surface area (Å²) in [5.41, 5.74) is 2.66. The van der Waals surface area contributed by atoms with Crippen LogP contribution in [0.25, 0.3) is 16.8 Å². The van der Waals surface area contributed by atoms with Crippen molar-refractivity contribution in [1.82, 2.24) is 19.9 Å². The molecule has 1 aromatic carbocycles. The van der Waals surface area contributed by atoms with Gasteiger partial charge in [0.2, 0.25) is 5.95 Å². The molecule has 7 heteroatoms. The first kappa shape index (κ1) is 15.8. The number of amides is 1. The summed E-state index contributed by atoms with van der Waals surface area (Å²) < 4.78 is 19.8. The lowest BCUT2D eigenvalue weighted by Crippen LogP contribution is -2.25. The van der Waals surface area contributed by atoms with Crippen molar-refractivity contribution in [3.05, 3.63) is 66.8 Å². The topological polar surface area (TPSA) is 69.0 Å². The molecule has 0 saturated heterocycles. The van der Waals surface area contributed by atoms with E-state index in [1.54, 1.807) is 23.2 Å². The normalized spacial score (nSPS) is 10.6. The fourth-order valence-electron chi connectivity index (χ4n) is 2.24. The number of carbonyl (C=O) groups is 1. The third kappa shape index (κ3) is 3.47. The molecule has 2 aromatic heterocycles. The zero-order chi connectivity index (χ0) is 16.9. The number of hydrogen-bond acceptors (Lipinski definition) is 4. The average molecular weight is 326 g/mol. The lowest BCUT2D eigenvalue weighted by atomic mass is 10.1. The molecule has 0 unspecified atom stereocenters. The quantitative estimate of drug-likeness (QED) is 0.577. The Morgan fingerprint density at radius 3 is 2.88 bits per heavy atom. The number of methoxy groups -OCH3 is 1. The molecule has 24 heavy (non-hydrogen) atoms. The van der Waals surface area contributed by atoms with Crippen molar-refractivity contribution in [3.63, 3.8) is 0 Å². The molecule has 1 amide bonds. The van der Waals surface area contributed by atoms with E-state index in [2.05, 4.69) is 15.3 Å². The number of ether oxygens (including phenoxy) is 1. The van der Waals surface area contributed by atoms with Gasteiger partial charge in [0.15, 0.2) is 0 Å². The van der Waals surface area contributed by atoms with Gasteiger partial charge >= 0.3 is 0 Å². The number of aromatic nitrogens is 3. The molecule has 0 atom stereocenters. The number of carbonyl (C=O) groups excluding carboxylic acids is 1. The molecule has 1 N–H and O–H groups in total. The summed E-state index contributed by atoms with van der Waals surface area (Å²) in [6, 6.07) is 10.6. The van der Waals surface area contributed by atoms with E-state index >= 15 is 0 Å². The molecule has 2 heterocycles. The zero-order valence-corrected chi connectivity index (χ0v) is 12.9. The monoisotopic (exact) mass is 326 g/mol. The Bertz CT molecular complexity index is 863. The first-order chi connectivity index (χ1) is 11.7. The third-order valence-corrected chi connectivity index (χ3v) is 3.40. The van der Waals surface area contributed by atoms with Crippen molar-refractivity contribution < 1.29 is 13.9 Å². The maximum atomic E-state index is 13.3. The highest BCUT2D eigenvalue weighted by molar-refractivity contribution is 5.92. The van der Waals surface area contributed by atoms with Crippen molar-refractivity contribution in [2.75, 3.05) is 13.8 Å². The molecule has 122 valence electrons. The number of hydrogen-bond donors (Lipinski definition) is 1. The Morgan fingerprint density at radius 2 is 2.08 bits per heavy atom. The Balaban J connectivity index is 1.87. The standard InChI is InChI=1S/C17H15FN4O2/c1-24-11-21-17(23)15-9-22(10-20-15)14-4-2-3-12(7-14)13-5-6-19-16(18)8-13/h2-10H,11H2,1H3,(H,21,23). The molecular formula is C17H15FN4O2. The second kappa shape index (κ2) is 7.01. The summed E-state index contributed by atoms with van der Waals surface area (Å²) in [7, 11) is 1.49. The summed E-state index contributed by atoms with van der Waals surface area (Å²) in [6.45, 7) is 0.120. The molecule has 0 bridgehead atoms. The van der Waals surface area contributed by atoms with Gasteiger partial charge in [-0.15, -0.1) is 0 Å². The van der Waals surface area contributed by atoms with E-state index in [9.17, 15) is 9.18 Å². The molecule has 0 aliphatic rings. The van der Waals surface area contributed by atoms with Crippen LogP contribution in [0.2, 0.25) is 0 Å². The van der Waals surface area contributed by atoms with Gasteiger partial charge in [-0.3, -0.25) is 4.79 Å². The molecular weight excluding hydrogens is 311 g/mol. The number of imidazole rings is 1. The Morgan fingerprint density at radius 1 is 1.25 bits per heavy atom. The van der Waals surface area contributed by atoms with Crippen LogP contribution in [0, 0.1) is 5.95 Å². The highest BCUT2D eigenvalue weighted by atomic mass is 19.1. The van der Waals surface area contributed by atoms with Crippen LogP contribution in [0.1, 0.15) is 10.5 Å². The van der Waals surface area contributed by atoms with Crippen molar-refractivity contribution in [2.45, 2.75) is 0 Å². The van der Waals surface area contributed by atoms with Crippen molar-refractivity contribution in [3.8, 4) is 16.8 Å². The van der Waals surface area contributed by atoms with Crippen LogP contribution in [-0.4, -0.2) is 34.3 Å². The van der Waals surface area contributed by atoms with Gasteiger partial charge in [0, 0.05) is 31.3 Å². The summed E-state index contributed by atoms with van der Waals surface area (Å²) >= 11 is 0. The molecule has 0 spiro atoms. The average Bonchev–Trinajstić information content (AvgIpc) is 3.10. The summed E-state index contributed by atoms with van der Waals surface area (Å²) in [5.74, 6) is -0.847. The predicted octanol–water partition coefficient (Wildman–Crippen LogP) is 2.41. The van der Waals surface area contributed by atoms with Crippen LogP contribution in [0.5, 0.6) is 0 Å². The number of nitrogens with one attached hydrogen (secondary N) is 1. The third-order valence-electron chi connectivity index (χ3n) is 3.40. The number of pyridine rings is 1. The van der Waals surface area contributed by atoms with Gasteiger partial charge in [-0.25, -0.2) is 9.97 Å². The Labute approximate surface area is 137 Å². The second-order valence-electron chi connectivity index (χ2n) is 5.02. The van der Waals surface area contributed by atoms with Gasteiger partial charge in [-0.05, 0) is 29.3 Å². The molecule has 0 fully saturated rings. The predicted molar refractivity (Wildman–Crippen MR) is 86.1 cm³/mol. The van der Waals surface area contributed by atoms with Gasteiger partial charge in [-0.2, -0.15) is 4.39 Å². The molecule has 0 saturated carbocycles. The first-order valence-electron chi connectivity index (χ1n) is 7.21. The Kier molecular flexibility index (Phi) is 4.62. The minimum absolute atomic E-state index is 0.120. The van der Waals surface area contributed by atoms with Crippen molar-refractivity contribution in [1.29, 1.82) is 0 Å². The maximum absolute atomic E-state index is 13.3. The number of benzene rings is 1. The molecule has 3 aromatic rings. The van der Waals surface area contributed by atoms with Crippen LogP contribution in [0.4, 0.5) is 4.39 Å². The molecule has 0 radical (unpaired) electrons. The van der Waals surface area contributed by atoms with Crippen molar-refractivity contribution >= 4 is 5.91 Å². The number of rotatable bonds is 5. The molecule has 6 nitrogen and oxygen atoms in total. The van der Waals surface area contributed by atoms with Gasteiger partial charge < -0.3 is 14.6 Å². The van der Waals surface area contributed by atoms with Crippen LogP contribution >= 0.6 is 0 Å². The van der Waals surface area contributed by atoms with E-state index in [1.165, 1.54) is 19.4 Å². The lowest BCUT2D eigenvalue weighted by Gasteiger charge is -2.06. The van der Waals surface area contributed by atoms with E-state index in [4.69, 9.17) is 4.74 Å². The number of halogens is 1. The molecule has 3 rings (SSSR count). The second-order valence-corrected chi connectivity index (χ2v) is 5.02. The smallest absolute Gasteiger partial charge is 0.273 e. The van der Waals surface area contributed by atoms with Gasteiger partial charge in [0.1, 0.15) is 18.8 Å².